The van der Waals surface area contributed by atoms with E-state index < -0.39 is 25.6 Å². The molecule has 5 heteroatoms. The van der Waals surface area contributed by atoms with Crippen LogP contribution in [0.5, 0.6) is 0 Å². The maximum Gasteiger partial charge on any atom is 0.261 e. The van der Waals surface area contributed by atoms with E-state index in [-0.39, 0.29) is 21.8 Å². The lowest BCUT2D eigenvalue weighted by molar-refractivity contribution is -0.342. The van der Waals surface area contributed by atoms with Gasteiger partial charge in [-0.3, -0.25) is 0 Å². The predicted octanol–water partition coefficient (Wildman–Crippen LogP) is 8.03. The molecular weight excluding hydrogens is 561 g/mol. The van der Waals surface area contributed by atoms with Gasteiger partial charge in [0.25, 0.3) is 8.32 Å². The van der Waals surface area contributed by atoms with Crippen molar-refractivity contribution in [2.24, 2.45) is 22.2 Å². The van der Waals surface area contributed by atoms with Gasteiger partial charge in [-0.2, -0.15) is 0 Å². The second-order valence-corrected chi connectivity index (χ2v) is 20.8. The molecule has 242 valence electrons. The molecule has 0 unspecified atom stereocenters. The van der Waals surface area contributed by atoms with Gasteiger partial charge in [0.15, 0.2) is 5.79 Å². The van der Waals surface area contributed by atoms with E-state index in [0.29, 0.717) is 19.8 Å². The first kappa shape index (κ1) is 33.6. The van der Waals surface area contributed by atoms with Crippen LogP contribution in [0.25, 0.3) is 0 Å². The number of allylic oxidation sites excluding steroid dienone is 1. The first-order chi connectivity index (χ1) is 20.7. The monoisotopic (exact) mass is 618 g/mol. The number of rotatable bonds is 8. The molecule has 1 spiro atoms. The van der Waals surface area contributed by atoms with E-state index in [9.17, 15) is 5.11 Å². The van der Waals surface area contributed by atoms with Crippen molar-refractivity contribution in [1.82, 2.24) is 0 Å². The molecule has 0 aromatic heterocycles. The lowest BCUT2D eigenvalue weighted by Gasteiger charge is -2.56. The molecule has 5 rings (SSSR count). The van der Waals surface area contributed by atoms with Gasteiger partial charge in [-0.1, -0.05) is 135 Å². The van der Waals surface area contributed by atoms with Crippen LogP contribution >= 0.6 is 0 Å². The fourth-order valence-electron chi connectivity index (χ4n) is 8.60. The number of ether oxygens (including phenoxy) is 2. The quantitative estimate of drug-likeness (QED) is 0.240. The summed E-state index contributed by atoms with van der Waals surface area (Å²) in [4.78, 5) is 0. The second kappa shape index (κ2) is 12.4. The normalized spacial score (nSPS) is 27.5. The summed E-state index contributed by atoms with van der Waals surface area (Å²) < 4.78 is 20.5. The van der Waals surface area contributed by atoms with Crippen LogP contribution in [0.15, 0.2) is 72.3 Å². The molecule has 2 fully saturated rings. The Morgan fingerprint density at radius 3 is 1.98 bits per heavy atom. The third-order valence-electron chi connectivity index (χ3n) is 11.4. The van der Waals surface area contributed by atoms with Crippen molar-refractivity contribution in [1.29, 1.82) is 0 Å². The Kier molecular flexibility index (Phi) is 9.50. The van der Waals surface area contributed by atoms with Crippen LogP contribution in [0.2, 0.25) is 5.04 Å². The number of hydrogen-bond donors (Lipinski definition) is 1. The van der Waals surface area contributed by atoms with E-state index in [2.05, 4.69) is 122 Å². The van der Waals surface area contributed by atoms with Crippen molar-refractivity contribution in [3.63, 3.8) is 0 Å². The molecule has 3 aliphatic rings. The maximum atomic E-state index is 12.3. The zero-order chi connectivity index (χ0) is 31.9. The van der Waals surface area contributed by atoms with Crippen LogP contribution in [-0.2, 0) is 13.9 Å². The SMILES string of the molecule is CC1(C)COC2(CCC=C([C@@H](O)[C@@H]3CCCC[C@@]3(C)CCO[Si](c3ccccc3)(c3ccccc3)C(C)(C)C)C2(C)C)OC1. The van der Waals surface area contributed by atoms with Crippen molar-refractivity contribution in [3.8, 4) is 0 Å². The standard InChI is InChI=1S/C39H58O4Si/c1-35(2,3)44(30-18-11-9-12-19-30,31-20-13-10-14-21-31)43-27-26-38(8)24-16-15-22-33(38)34(40)32-23-17-25-39(37(32,6)7)41-28-36(4,5)29-42-39/h9-14,18-21,23,33-34,40H,15-17,22,24-29H2,1-8H3/t33-,34+,38-/m0/s1. The van der Waals surface area contributed by atoms with Gasteiger partial charge in [0.1, 0.15) is 0 Å². The summed E-state index contributed by atoms with van der Waals surface area (Å²) in [6.07, 6.45) is 8.92. The zero-order valence-electron chi connectivity index (χ0n) is 28.7. The van der Waals surface area contributed by atoms with Crippen LogP contribution in [0.1, 0.15) is 100 Å². The van der Waals surface area contributed by atoms with Gasteiger partial charge in [0, 0.05) is 23.9 Å². The van der Waals surface area contributed by atoms with Gasteiger partial charge in [-0.25, -0.2) is 0 Å². The van der Waals surface area contributed by atoms with Gasteiger partial charge in [0.05, 0.1) is 19.3 Å². The fraction of sp³-hybridized carbons (Fsp3) is 0.641. The molecule has 0 radical (unpaired) electrons. The average Bonchev–Trinajstić information content (AvgIpc) is 2.98. The molecule has 1 N–H and O–H groups in total. The molecule has 2 aliphatic carbocycles. The molecule has 2 aromatic carbocycles. The van der Waals surface area contributed by atoms with Crippen LogP contribution < -0.4 is 10.4 Å². The second-order valence-electron chi connectivity index (χ2n) is 16.5. The Labute approximate surface area is 268 Å². The van der Waals surface area contributed by atoms with E-state index >= 15 is 0 Å². The summed E-state index contributed by atoms with van der Waals surface area (Å²) >= 11 is 0. The van der Waals surface area contributed by atoms with E-state index in [4.69, 9.17) is 13.9 Å². The van der Waals surface area contributed by atoms with Crippen molar-refractivity contribution >= 4 is 18.7 Å². The Morgan fingerprint density at radius 2 is 1.43 bits per heavy atom. The van der Waals surface area contributed by atoms with E-state index in [1.54, 1.807) is 0 Å². The van der Waals surface area contributed by atoms with Crippen molar-refractivity contribution in [2.75, 3.05) is 19.8 Å². The topological polar surface area (TPSA) is 47.9 Å². The summed E-state index contributed by atoms with van der Waals surface area (Å²) in [6.45, 7) is 20.3. The minimum Gasteiger partial charge on any atom is -0.407 e. The molecule has 1 heterocycles. The van der Waals surface area contributed by atoms with Gasteiger partial charge < -0.3 is 19.0 Å². The average molecular weight is 619 g/mol. The molecule has 2 aromatic rings. The first-order valence-corrected chi connectivity index (χ1v) is 19.0. The van der Waals surface area contributed by atoms with Crippen molar-refractivity contribution in [3.05, 3.63) is 72.3 Å². The van der Waals surface area contributed by atoms with Gasteiger partial charge in [0.2, 0.25) is 0 Å². The Hall–Kier alpha value is -1.76. The maximum absolute atomic E-state index is 12.3. The van der Waals surface area contributed by atoms with E-state index in [1.807, 2.05) is 0 Å². The van der Waals surface area contributed by atoms with Gasteiger partial charge in [-0.15, -0.1) is 0 Å². The number of hydrogen-bond acceptors (Lipinski definition) is 4. The molecule has 1 saturated heterocycles. The number of benzene rings is 2. The van der Waals surface area contributed by atoms with Crippen LogP contribution in [0.4, 0.5) is 0 Å². The molecular formula is C39H58O4Si. The fourth-order valence-corrected chi connectivity index (χ4v) is 13.2. The molecule has 4 nitrogen and oxygen atoms in total. The highest BCUT2D eigenvalue weighted by Crippen LogP contribution is 2.55. The van der Waals surface area contributed by atoms with Crippen molar-refractivity contribution in [2.45, 2.75) is 117 Å². The molecule has 44 heavy (non-hydrogen) atoms. The highest BCUT2D eigenvalue weighted by Gasteiger charge is 2.57. The summed E-state index contributed by atoms with van der Waals surface area (Å²) in [6, 6.07) is 21.9. The summed E-state index contributed by atoms with van der Waals surface area (Å²) in [5, 5.41) is 14.9. The Balaban J connectivity index is 1.40. The molecule has 1 saturated carbocycles. The molecule has 1 aliphatic heterocycles. The largest absolute Gasteiger partial charge is 0.407 e. The molecule has 0 amide bonds. The smallest absolute Gasteiger partial charge is 0.261 e. The Morgan fingerprint density at radius 1 is 0.864 bits per heavy atom. The van der Waals surface area contributed by atoms with E-state index in [1.165, 1.54) is 16.8 Å². The summed E-state index contributed by atoms with van der Waals surface area (Å²) in [5.41, 5.74) is 0.676. The number of aliphatic hydroxyl groups is 1. The molecule has 0 bridgehead atoms. The third-order valence-corrected chi connectivity index (χ3v) is 16.5. The van der Waals surface area contributed by atoms with Gasteiger partial charge >= 0.3 is 0 Å². The lowest BCUT2D eigenvalue weighted by atomic mass is 9.59. The van der Waals surface area contributed by atoms with Crippen molar-refractivity contribution < 1.29 is 19.0 Å². The summed E-state index contributed by atoms with van der Waals surface area (Å²) in [7, 11) is -2.62. The van der Waals surface area contributed by atoms with Crippen LogP contribution in [0, 0.1) is 22.2 Å². The third kappa shape index (κ3) is 6.04. The van der Waals surface area contributed by atoms with Crippen LogP contribution in [0.3, 0.4) is 0 Å². The zero-order valence-corrected chi connectivity index (χ0v) is 29.7. The Bertz CT molecular complexity index is 1230. The highest BCUT2D eigenvalue weighted by atomic mass is 28.4. The summed E-state index contributed by atoms with van der Waals surface area (Å²) in [5.74, 6) is -0.509. The van der Waals surface area contributed by atoms with Crippen LogP contribution in [-0.4, -0.2) is 45.1 Å². The number of aliphatic hydroxyl groups excluding tert-OH is 1. The minimum absolute atomic E-state index is 0.00824. The lowest BCUT2D eigenvalue weighted by Crippen LogP contribution is -2.66. The first-order valence-electron chi connectivity index (χ1n) is 17.1. The van der Waals surface area contributed by atoms with Gasteiger partial charge in [-0.05, 0) is 58.0 Å². The predicted molar refractivity (Wildman–Crippen MR) is 184 cm³/mol. The minimum atomic E-state index is -2.62. The molecule has 3 atom stereocenters. The highest BCUT2D eigenvalue weighted by molar-refractivity contribution is 6.99. The van der Waals surface area contributed by atoms with E-state index in [0.717, 1.165) is 44.1 Å².